The fraction of sp³-hybridized carbons (Fsp3) is 0.500. The summed E-state index contributed by atoms with van der Waals surface area (Å²) < 4.78 is 5.55. The Morgan fingerprint density at radius 1 is 1.29 bits per heavy atom. The van der Waals surface area contributed by atoms with E-state index in [9.17, 15) is 9.59 Å². The van der Waals surface area contributed by atoms with Gasteiger partial charge in [-0.2, -0.15) is 0 Å². The topological polar surface area (TPSA) is 58.6 Å². The van der Waals surface area contributed by atoms with Crippen molar-refractivity contribution in [3.8, 4) is 0 Å². The minimum absolute atomic E-state index is 0.0804. The van der Waals surface area contributed by atoms with Crippen molar-refractivity contribution in [1.29, 1.82) is 0 Å². The monoisotopic (exact) mass is 290 g/mol. The molecule has 0 spiro atoms. The number of benzene rings is 1. The molecule has 1 N–H and O–H groups in total. The predicted octanol–water partition coefficient (Wildman–Crippen LogP) is 1.97. The Morgan fingerprint density at radius 2 is 2.00 bits per heavy atom. The Balaban J connectivity index is 2.30. The summed E-state index contributed by atoms with van der Waals surface area (Å²) in [6, 6.07) is 6.70. The van der Waals surface area contributed by atoms with Gasteiger partial charge in [0, 0.05) is 6.54 Å². The van der Waals surface area contributed by atoms with Crippen molar-refractivity contribution in [1.82, 2.24) is 5.32 Å². The van der Waals surface area contributed by atoms with Crippen LogP contribution in [0.2, 0.25) is 0 Å². The van der Waals surface area contributed by atoms with E-state index in [1.165, 1.54) is 0 Å². The van der Waals surface area contributed by atoms with Crippen LogP contribution in [0.25, 0.3) is 0 Å². The normalized spacial score (nSPS) is 18.5. The third kappa shape index (κ3) is 3.42. The Bertz CT molecular complexity index is 528. The van der Waals surface area contributed by atoms with Crippen LogP contribution in [0.4, 0.5) is 5.69 Å². The lowest BCUT2D eigenvalue weighted by atomic mass is 10.1. The summed E-state index contributed by atoms with van der Waals surface area (Å²) in [7, 11) is 0. The van der Waals surface area contributed by atoms with Crippen molar-refractivity contribution in [3.63, 3.8) is 0 Å². The van der Waals surface area contributed by atoms with Gasteiger partial charge in [-0.3, -0.25) is 9.59 Å². The first-order valence-electron chi connectivity index (χ1n) is 7.37. The van der Waals surface area contributed by atoms with Gasteiger partial charge in [0.1, 0.15) is 6.04 Å². The average Bonchev–Trinajstić information content (AvgIpc) is 2.57. The number of rotatable bonds is 5. The van der Waals surface area contributed by atoms with E-state index in [2.05, 4.69) is 5.32 Å². The highest BCUT2D eigenvalue weighted by Gasteiger charge is 2.32. The number of nitrogens with one attached hydrogen (secondary N) is 1. The van der Waals surface area contributed by atoms with Gasteiger partial charge in [-0.25, -0.2) is 0 Å². The van der Waals surface area contributed by atoms with Crippen LogP contribution < -0.4 is 10.2 Å². The number of nitrogens with zero attached hydrogens (tertiary/aromatic N) is 1. The number of para-hydroxylation sites is 1. The second-order valence-corrected chi connectivity index (χ2v) is 5.36. The first kappa shape index (κ1) is 15.5. The van der Waals surface area contributed by atoms with Crippen LogP contribution in [0, 0.1) is 0 Å². The summed E-state index contributed by atoms with van der Waals surface area (Å²) >= 11 is 0. The molecule has 1 atom stereocenters. The molecule has 0 bridgehead atoms. The van der Waals surface area contributed by atoms with Crippen LogP contribution in [0.15, 0.2) is 24.3 Å². The maximum absolute atomic E-state index is 12.6. The highest BCUT2D eigenvalue weighted by atomic mass is 16.5. The molecule has 0 saturated carbocycles. The van der Waals surface area contributed by atoms with E-state index in [0.29, 0.717) is 30.8 Å². The molecule has 0 aromatic heterocycles. The van der Waals surface area contributed by atoms with E-state index in [0.717, 1.165) is 0 Å². The Hall–Kier alpha value is -1.88. The lowest BCUT2D eigenvalue weighted by Gasteiger charge is -2.25. The van der Waals surface area contributed by atoms with Gasteiger partial charge < -0.3 is 15.0 Å². The van der Waals surface area contributed by atoms with Crippen LogP contribution in [-0.4, -0.2) is 37.1 Å². The molecule has 5 nitrogen and oxygen atoms in total. The summed E-state index contributed by atoms with van der Waals surface area (Å²) in [4.78, 5) is 26.5. The lowest BCUT2D eigenvalue weighted by Crippen LogP contribution is -2.46. The van der Waals surface area contributed by atoms with Gasteiger partial charge in [-0.15, -0.1) is 0 Å². The van der Waals surface area contributed by atoms with Crippen molar-refractivity contribution < 1.29 is 14.3 Å². The predicted molar refractivity (Wildman–Crippen MR) is 81.4 cm³/mol. The molecule has 2 amide bonds. The molecule has 21 heavy (non-hydrogen) atoms. The van der Waals surface area contributed by atoms with Crippen molar-refractivity contribution in [2.45, 2.75) is 39.3 Å². The number of ether oxygens (including phenoxy) is 1. The van der Waals surface area contributed by atoms with E-state index in [1.54, 1.807) is 23.1 Å². The Kier molecular flexibility index (Phi) is 4.96. The van der Waals surface area contributed by atoms with Crippen LogP contribution in [-0.2, 0) is 9.53 Å². The molecule has 1 aliphatic rings. The molecule has 1 aromatic rings. The second-order valence-electron chi connectivity index (χ2n) is 5.36. The maximum Gasteiger partial charge on any atom is 0.254 e. The molecule has 0 radical (unpaired) electrons. The van der Waals surface area contributed by atoms with Gasteiger partial charge in [-0.1, -0.05) is 19.1 Å². The highest BCUT2D eigenvalue weighted by molar-refractivity contribution is 6.10. The summed E-state index contributed by atoms with van der Waals surface area (Å²) in [5.74, 6) is -0.277. The highest BCUT2D eigenvalue weighted by Crippen LogP contribution is 2.24. The molecule has 1 heterocycles. The summed E-state index contributed by atoms with van der Waals surface area (Å²) in [5, 5.41) is 2.79. The molecule has 0 fully saturated rings. The molecule has 5 heteroatoms. The molecule has 114 valence electrons. The van der Waals surface area contributed by atoms with E-state index < -0.39 is 6.04 Å². The number of fused-ring (bicyclic) bond motifs is 1. The summed E-state index contributed by atoms with van der Waals surface area (Å²) in [6.07, 6.45) is 0.684. The molecule has 0 saturated heterocycles. The minimum atomic E-state index is -0.482. The number of carbonyl (C=O) groups is 2. The molecule has 1 unspecified atom stereocenters. The maximum atomic E-state index is 12.6. The van der Waals surface area contributed by atoms with E-state index in [4.69, 9.17) is 4.74 Å². The summed E-state index contributed by atoms with van der Waals surface area (Å²) in [6.45, 7) is 6.69. The van der Waals surface area contributed by atoms with Gasteiger partial charge in [0.05, 0.1) is 24.0 Å². The van der Waals surface area contributed by atoms with E-state index >= 15 is 0 Å². The largest absolute Gasteiger partial charge is 0.377 e. The van der Waals surface area contributed by atoms with Gasteiger partial charge in [-0.05, 0) is 32.4 Å². The third-order valence-corrected chi connectivity index (χ3v) is 3.48. The molecule has 2 rings (SSSR count). The SMILES string of the molecule is CCC1NC(=O)c2ccccc2N(CCOC(C)C)C1=O. The van der Waals surface area contributed by atoms with Crippen molar-refractivity contribution in [3.05, 3.63) is 29.8 Å². The quantitative estimate of drug-likeness (QED) is 0.902. The number of hydrogen-bond donors (Lipinski definition) is 1. The van der Waals surface area contributed by atoms with Crippen LogP contribution in [0.3, 0.4) is 0 Å². The lowest BCUT2D eigenvalue weighted by molar-refractivity contribution is -0.120. The molecular weight excluding hydrogens is 268 g/mol. The smallest absolute Gasteiger partial charge is 0.254 e. The van der Waals surface area contributed by atoms with Crippen molar-refractivity contribution >= 4 is 17.5 Å². The Labute approximate surface area is 125 Å². The summed E-state index contributed by atoms with van der Waals surface area (Å²) in [5.41, 5.74) is 1.19. The fourth-order valence-corrected chi connectivity index (χ4v) is 2.39. The number of anilines is 1. The fourth-order valence-electron chi connectivity index (χ4n) is 2.39. The second kappa shape index (κ2) is 6.72. The molecule has 1 aliphatic heterocycles. The third-order valence-electron chi connectivity index (χ3n) is 3.48. The van der Waals surface area contributed by atoms with Crippen LogP contribution in [0.5, 0.6) is 0 Å². The zero-order valence-corrected chi connectivity index (χ0v) is 12.8. The van der Waals surface area contributed by atoms with Crippen LogP contribution in [0.1, 0.15) is 37.6 Å². The number of hydrogen-bond acceptors (Lipinski definition) is 3. The first-order chi connectivity index (χ1) is 10.0. The average molecular weight is 290 g/mol. The molecule has 1 aromatic carbocycles. The Morgan fingerprint density at radius 3 is 2.67 bits per heavy atom. The van der Waals surface area contributed by atoms with Gasteiger partial charge in [0.2, 0.25) is 5.91 Å². The number of amides is 2. The van der Waals surface area contributed by atoms with E-state index in [1.807, 2.05) is 26.8 Å². The van der Waals surface area contributed by atoms with Crippen molar-refractivity contribution in [2.75, 3.05) is 18.1 Å². The standard InChI is InChI=1S/C16H22N2O3/c1-4-13-16(20)18(9-10-21-11(2)3)14-8-6-5-7-12(14)15(19)17-13/h5-8,11,13H,4,9-10H2,1-3H3,(H,17,19). The van der Waals surface area contributed by atoms with Gasteiger partial charge in [0.15, 0.2) is 0 Å². The minimum Gasteiger partial charge on any atom is -0.377 e. The number of carbonyl (C=O) groups excluding carboxylic acids is 2. The molecular formula is C16H22N2O3. The van der Waals surface area contributed by atoms with Gasteiger partial charge in [0.25, 0.3) is 5.91 Å². The zero-order valence-electron chi connectivity index (χ0n) is 12.8. The van der Waals surface area contributed by atoms with Crippen LogP contribution >= 0.6 is 0 Å². The first-order valence-corrected chi connectivity index (χ1v) is 7.37. The van der Waals surface area contributed by atoms with Crippen molar-refractivity contribution in [2.24, 2.45) is 0 Å². The van der Waals surface area contributed by atoms with Gasteiger partial charge >= 0.3 is 0 Å². The zero-order chi connectivity index (χ0) is 15.4. The molecule has 0 aliphatic carbocycles. The van der Waals surface area contributed by atoms with E-state index in [-0.39, 0.29) is 17.9 Å².